The van der Waals surface area contributed by atoms with Crippen LogP contribution in [0.15, 0.2) is 45.9 Å². The van der Waals surface area contributed by atoms with Gasteiger partial charge in [0.05, 0.1) is 17.2 Å². The van der Waals surface area contributed by atoms with Crippen molar-refractivity contribution in [2.45, 2.75) is 13.8 Å². The highest BCUT2D eigenvalue weighted by molar-refractivity contribution is 9.10. The van der Waals surface area contributed by atoms with E-state index in [9.17, 15) is 14.7 Å². The first kappa shape index (κ1) is 18.7. The predicted molar refractivity (Wildman–Crippen MR) is 96.9 cm³/mol. The Hall–Kier alpha value is -2.67. The van der Waals surface area contributed by atoms with E-state index < -0.39 is 11.9 Å². The molecule has 0 amide bonds. The van der Waals surface area contributed by atoms with E-state index in [0.29, 0.717) is 15.7 Å². The van der Waals surface area contributed by atoms with E-state index in [-0.39, 0.29) is 23.0 Å². The first-order valence-electron chi connectivity index (χ1n) is 7.39. The number of aromatic carboxylic acids is 1. The molecule has 130 valence electrons. The second kappa shape index (κ2) is 7.94. The number of halogens is 1. The number of carbonyl (C=O) groups excluding carboxylic acids is 1. The zero-order valence-electron chi connectivity index (χ0n) is 13.6. The van der Waals surface area contributed by atoms with E-state index in [0.717, 1.165) is 0 Å². The number of phenolic OH excluding ortho intramolecular Hbond substituents is 1. The Balaban J connectivity index is 2.33. The molecular weight excluding hydrogens is 390 g/mol. The van der Waals surface area contributed by atoms with Crippen LogP contribution in [0.3, 0.4) is 0 Å². The van der Waals surface area contributed by atoms with Gasteiger partial charge in [-0.1, -0.05) is 35.8 Å². The van der Waals surface area contributed by atoms with Crippen molar-refractivity contribution in [1.29, 1.82) is 0 Å². The van der Waals surface area contributed by atoms with Gasteiger partial charge in [-0.3, -0.25) is 9.79 Å². The van der Waals surface area contributed by atoms with Gasteiger partial charge >= 0.3 is 11.9 Å². The second-order valence-electron chi connectivity index (χ2n) is 5.53. The molecule has 2 rings (SSSR count). The van der Waals surface area contributed by atoms with Gasteiger partial charge in [-0.25, -0.2) is 4.79 Å². The smallest absolute Gasteiger partial charge is 0.335 e. The van der Waals surface area contributed by atoms with Crippen LogP contribution in [0.4, 0.5) is 5.69 Å². The monoisotopic (exact) mass is 405 g/mol. The number of benzene rings is 2. The van der Waals surface area contributed by atoms with Gasteiger partial charge in [0, 0.05) is 16.3 Å². The summed E-state index contributed by atoms with van der Waals surface area (Å²) in [5.74, 6) is -2.06. The van der Waals surface area contributed by atoms with Crippen LogP contribution in [0, 0.1) is 5.92 Å². The minimum atomic E-state index is -1.05. The predicted octanol–water partition coefficient (Wildman–Crippen LogP) is 4.16. The van der Waals surface area contributed by atoms with Crippen LogP contribution in [0.5, 0.6) is 11.5 Å². The Bertz CT molecular complexity index is 845. The molecule has 0 fully saturated rings. The normalized spacial score (nSPS) is 11.0. The lowest BCUT2D eigenvalue weighted by Crippen LogP contribution is -2.15. The standard InChI is InChI=1S/C18H16BrNO5/c1-10(2)18(24)25-15-8-13(19)6-12(16(15)21)9-20-14-5-3-4-11(7-14)17(22)23/h3-10,21H,1-2H3,(H,22,23). The van der Waals surface area contributed by atoms with Crippen LogP contribution < -0.4 is 4.74 Å². The lowest BCUT2D eigenvalue weighted by Gasteiger charge is -2.10. The minimum Gasteiger partial charge on any atom is -0.504 e. The molecule has 0 aliphatic heterocycles. The van der Waals surface area contributed by atoms with Crippen LogP contribution in [0.2, 0.25) is 0 Å². The molecule has 0 radical (unpaired) electrons. The molecule has 0 spiro atoms. The molecule has 25 heavy (non-hydrogen) atoms. The molecule has 0 saturated carbocycles. The number of hydrogen-bond donors (Lipinski definition) is 2. The minimum absolute atomic E-state index is 0.0220. The summed E-state index contributed by atoms with van der Waals surface area (Å²) < 4.78 is 5.77. The summed E-state index contributed by atoms with van der Waals surface area (Å²) >= 11 is 3.29. The summed E-state index contributed by atoms with van der Waals surface area (Å²) in [6.45, 7) is 3.38. The molecule has 0 heterocycles. The number of carboxylic acids is 1. The molecule has 0 unspecified atom stereocenters. The van der Waals surface area contributed by atoms with Crippen molar-refractivity contribution in [2.75, 3.05) is 0 Å². The number of aromatic hydroxyl groups is 1. The van der Waals surface area contributed by atoms with Crippen LogP contribution in [0.1, 0.15) is 29.8 Å². The Morgan fingerprint density at radius 1 is 1.24 bits per heavy atom. The summed E-state index contributed by atoms with van der Waals surface area (Å²) in [6, 6.07) is 9.17. The van der Waals surface area contributed by atoms with Crippen molar-refractivity contribution >= 4 is 39.8 Å². The number of carboxylic acid groups (broad SMARTS) is 1. The van der Waals surface area contributed by atoms with Crippen molar-refractivity contribution in [1.82, 2.24) is 0 Å². The lowest BCUT2D eigenvalue weighted by molar-refractivity contribution is -0.137. The van der Waals surface area contributed by atoms with E-state index in [4.69, 9.17) is 9.84 Å². The molecule has 0 aromatic heterocycles. The molecular formula is C18H16BrNO5. The van der Waals surface area contributed by atoms with E-state index in [1.165, 1.54) is 24.4 Å². The highest BCUT2D eigenvalue weighted by atomic mass is 79.9. The number of aliphatic imine (C=N–C) groups is 1. The molecule has 7 heteroatoms. The van der Waals surface area contributed by atoms with Crippen molar-refractivity contribution in [3.05, 3.63) is 52.0 Å². The molecule has 0 aliphatic rings. The van der Waals surface area contributed by atoms with Gasteiger partial charge in [0.25, 0.3) is 0 Å². The molecule has 0 saturated heterocycles. The largest absolute Gasteiger partial charge is 0.504 e. The fourth-order valence-corrected chi connectivity index (χ4v) is 2.31. The SMILES string of the molecule is CC(C)C(=O)Oc1cc(Br)cc(C=Nc2cccc(C(=O)O)c2)c1O. The van der Waals surface area contributed by atoms with Crippen molar-refractivity contribution in [3.8, 4) is 11.5 Å². The Kier molecular flexibility index (Phi) is 5.93. The topological polar surface area (TPSA) is 96.2 Å². The van der Waals surface area contributed by atoms with Gasteiger partial charge < -0.3 is 14.9 Å². The van der Waals surface area contributed by atoms with Gasteiger partial charge in [0.2, 0.25) is 0 Å². The maximum atomic E-state index is 11.7. The summed E-state index contributed by atoms with van der Waals surface area (Å²) in [5.41, 5.74) is 0.848. The van der Waals surface area contributed by atoms with Crippen LogP contribution >= 0.6 is 15.9 Å². The fraction of sp³-hybridized carbons (Fsp3) is 0.167. The summed E-state index contributed by atoms with van der Waals surface area (Å²) in [5, 5.41) is 19.3. The van der Waals surface area contributed by atoms with Gasteiger partial charge in [-0.15, -0.1) is 0 Å². The fourth-order valence-electron chi connectivity index (χ4n) is 1.86. The first-order chi connectivity index (χ1) is 11.8. The van der Waals surface area contributed by atoms with Crippen LogP contribution in [-0.2, 0) is 4.79 Å². The zero-order chi connectivity index (χ0) is 18.6. The highest BCUT2D eigenvalue weighted by Gasteiger charge is 2.15. The zero-order valence-corrected chi connectivity index (χ0v) is 15.1. The maximum Gasteiger partial charge on any atom is 0.335 e. The van der Waals surface area contributed by atoms with Crippen molar-refractivity contribution < 1.29 is 24.5 Å². The number of ether oxygens (including phenoxy) is 1. The summed E-state index contributed by atoms with van der Waals surface area (Å²) in [4.78, 5) is 26.9. The average Bonchev–Trinajstić information content (AvgIpc) is 2.56. The lowest BCUT2D eigenvalue weighted by atomic mass is 10.2. The van der Waals surface area contributed by atoms with Gasteiger partial charge in [-0.2, -0.15) is 0 Å². The molecule has 0 atom stereocenters. The van der Waals surface area contributed by atoms with E-state index in [2.05, 4.69) is 20.9 Å². The van der Waals surface area contributed by atoms with Crippen molar-refractivity contribution in [2.24, 2.45) is 10.9 Å². The molecule has 0 aliphatic carbocycles. The number of esters is 1. The Morgan fingerprint density at radius 2 is 1.96 bits per heavy atom. The van der Waals surface area contributed by atoms with Crippen LogP contribution in [0.25, 0.3) is 0 Å². The van der Waals surface area contributed by atoms with E-state index in [1.54, 1.807) is 32.0 Å². The number of nitrogens with zero attached hydrogens (tertiary/aromatic N) is 1. The third-order valence-electron chi connectivity index (χ3n) is 3.20. The van der Waals surface area contributed by atoms with Crippen LogP contribution in [-0.4, -0.2) is 28.4 Å². The summed E-state index contributed by atoms with van der Waals surface area (Å²) in [6.07, 6.45) is 1.37. The third-order valence-corrected chi connectivity index (χ3v) is 3.65. The molecule has 6 nitrogen and oxygen atoms in total. The number of rotatable bonds is 5. The molecule has 2 aromatic rings. The highest BCUT2D eigenvalue weighted by Crippen LogP contribution is 2.33. The first-order valence-corrected chi connectivity index (χ1v) is 8.19. The number of phenols is 1. The number of hydrogen-bond acceptors (Lipinski definition) is 5. The molecule has 2 aromatic carbocycles. The quantitative estimate of drug-likeness (QED) is 0.442. The van der Waals surface area contributed by atoms with E-state index >= 15 is 0 Å². The number of carbonyl (C=O) groups is 2. The summed E-state index contributed by atoms with van der Waals surface area (Å²) in [7, 11) is 0. The third kappa shape index (κ3) is 4.90. The Labute approximate surface area is 152 Å². The molecule has 2 N–H and O–H groups in total. The maximum absolute atomic E-state index is 11.7. The van der Waals surface area contributed by atoms with E-state index in [1.807, 2.05) is 0 Å². The van der Waals surface area contributed by atoms with Gasteiger partial charge in [-0.05, 0) is 30.3 Å². The van der Waals surface area contributed by atoms with Crippen molar-refractivity contribution in [3.63, 3.8) is 0 Å². The second-order valence-corrected chi connectivity index (χ2v) is 6.45. The average molecular weight is 406 g/mol. The Morgan fingerprint density at radius 3 is 2.60 bits per heavy atom. The van der Waals surface area contributed by atoms with Gasteiger partial charge in [0.15, 0.2) is 11.5 Å². The molecule has 0 bridgehead atoms. The van der Waals surface area contributed by atoms with Gasteiger partial charge in [0.1, 0.15) is 0 Å².